The predicted octanol–water partition coefficient (Wildman–Crippen LogP) is 6.46. The molecule has 0 bridgehead atoms. The van der Waals surface area contributed by atoms with Crippen LogP contribution in [0, 0.1) is 0 Å². The van der Waals surface area contributed by atoms with Crippen LogP contribution in [0.15, 0.2) is 10.2 Å². The first-order valence-corrected chi connectivity index (χ1v) is 23.7. The van der Waals surface area contributed by atoms with E-state index < -0.39 is 32.9 Å². The highest BCUT2D eigenvalue weighted by Gasteiger charge is 2.34. The van der Waals surface area contributed by atoms with Crippen LogP contribution in [-0.2, 0) is 0 Å². The van der Waals surface area contributed by atoms with Crippen LogP contribution in [0.1, 0.15) is 26.7 Å². The lowest BCUT2D eigenvalue weighted by molar-refractivity contribution is 0.656. The second-order valence-corrected chi connectivity index (χ2v) is 31.4. The van der Waals surface area contributed by atoms with E-state index in [-0.39, 0.29) is 0 Å². The van der Waals surface area contributed by atoms with Crippen molar-refractivity contribution < 1.29 is 0 Å². The minimum Gasteiger partial charge on any atom is -0.350 e. The Morgan fingerprint density at radius 3 is 0.846 bits per heavy atom. The van der Waals surface area contributed by atoms with Crippen molar-refractivity contribution in [3.8, 4) is 0 Å². The Balaban J connectivity index is 5.27. The van der Waals surface area contributed by atoms with Gasteiger partial charge in [-0.1, -0.05) is 78.6 Å². The van der Waals surface area contributed by atoms with Crippen LogP contribution in [0.4, 0.5) is 0 Å². The third-order valence-electron chi connectivity index (χ3n) is 3.93. The van der Waals surface area contributed by atoms with Crippen LogP contribution in [-0.4, -0.2) is 53.0 Å². The van der Waals surface area contributed by atoms with E-state index in [4.69, 9.17) is 10.2 Å². The molecule has 0 fully saturated rings. The maximum absolute atomic E-state index is 5.09. The number of hydrogen-bond donors (Lipinski definition) is 0. The minimum atomic E-state index is -1.44. The first-order chi connectivity index (χ1) is 11.3. The van der Waals surface area contributed by atoms with Gasteiger partial charge in [0, 0.05) is 11.4 Å². The summed E-state index contributed by atoms with van der Waals surface area (Å²) in [4.78, 5) is 0. The normalized spacial score (nSPS) is 15.3. The monoisotopic (exact) mass is 430 g/mol. The number of rotatable bonds is 9. The molecular formula is C18H46N4Si4. The van der Waals surface area contributed by atoms with Crippen molar-refractivity contribution >= 4 is 44.4 Å². The third kappa shape index (κ3) is 9.14. The van der Waals surface area contributed by atoms with Gasteiger partial charge in [0.15, 0.2) is 32.9 Å². The Morgan fingerprint density at radius 1 is 0.500 bits per heavy atom. The smallest absolute Gasteiger partial charge is 0.158 e. The molecule has 0 unspecified atom stereocenters. The Morgan fingerprint density at radius 2 is 0.692 bits per heavy atom. The molecule has 0 heterocycles. The first kappa shape index (κ1) is 25.8. The molecule has 0 aromatic rings. The van der Waals surface area contributed by atoms with E-state index in [1.165, 1.54) is 11.4 Å². The molecule has 0 saturated carbocycles. The van der Waals surface area contributed by atoms with Gasteiger partial charge < -0.3 is 8.68 Å². The summed E-state index contributed by atoms with van der Waals surface area (Å²) >= 11 is 0. The average molecular weight is 431 g/mol. The van der Waals surface area contributed by atoms with Crippen molar-refractivity contribution in [1.82, 2.24) is 8.68 Å². The van der Waals surface area contributed by atoms with Crippen LogP contribution < -0.4 is 0 Å². The molecule has 0 radical (unpaired) electrons. The second-order valence-electron chi connectivity index (χ2n) is 11.5. The lowest BCUT2D eigenvalue weighted by Crippen LogP contribution is -2.56. The molecule has 0 aliphatic carbocycles. The largest absolute Gasteiger partial charge is 0.350 e. The van der Waals surface area contributed by atoms with Crippen LogP contribution in [0.3, 0.4) is 0 Å². The highest BCUT2D eigenvalue weighted by Crippen LogP contribution is 2.22. The summed E-state index contributed by atoms with van der Waals surface area (Å²) in [5.74, 6) is 0. The fourth-order valence-electron chi connectivity index (χ4n) is 3.42. The summed E-state index contributed by atoms with van der Waals surface area (Å²) < 4.78 is 5.02. The van der Waals surface area contributed by atoms with E-state index in [0.717, 1.165) is 12.8 Å². The molecule has 0 aliphatic rings. The molecule has 0 aliphatic heterocycles. The highest BCUT2D eigenvalue weighted by atomic mass is 28.4. The van der Waals surface area contributed by atoms with Gasteiger partial charge in [-0.05, 0) is 26.7 Å². The molecule has 8 heteroatoms. The molecule has 0 spiro atoms. The molecule has 0 aromatic carbocycles. The molecule has 0 rings (SSSR count). The summed E-state index contributed by atoms with van der Waals surface area (Å²) in [7, 11) is -5.75. The van der Waals surface area contributed by atoms with Gasteiger partial charge in [0.25, 0.3) is 0 Å². The minimum absolute atomic E-state index is 1.01. The maximum atomic E-state index is 5.09. The van der Waals surface area contributed by atoms with Gasteiger partial charge in [0.05, 0.1) is 0 Å². The Hall–Kier alpha value is -0.192. The van der Waals surface area contributed by atoms with Gasteiger partial charge in [-0.2, -0.15) is 0 Å². The van der Waals surface area contributed by atoms with Crippen LogP contribution in [0.5, 0.6) is 0 Å². The second kappa shape index (κ2) is 8.87. The Kier molecular flexibility index (Phi) is 8.81. The lowest BCUT2D eigenvalue weighted by Gasteiger charge is -2.42. The van der Waals surface area contributed by atoms with Crippen molar-refractivity contribution in [3.05, 3.63) is 0 Å². The van der Waals surface area contributed by atoms with E-state index in [1.54, 1.807) is 0 Å². The quantitative estimate of drug-likeness (QED) is 0.239. The predicted molar refractivity (Wildman–Crippen MR) is 133 cm³/mol. The van der Waals surface area contributed by atoms with Crippen molar-refractivity contribution in [2.24, 2.45) is 10.2 Å². The van der Waals surface area contributed by atoms with E-state index in [2.05, 4.69) is 101 Å². The zero-order valence-corrected chi connectivity index (χ0v) is 24.2. The molecule has 4 nitrogen and oxygen atoms in total. The first-order valence-electron chi connectivity index (χ1n) is 9.95. The van der Waals surface area contributed by atoms with Gasteiger partial charge in [-0.25, -0.2) is 10.2 Å². The van der Waals surface area contributed by atoms with Gasteiger partial charge in [0.1, 0.15) is 0 Å². The fourth-order valence-corrected chi connectivity index (χ4v) is 21.4. The number of hydrogen-bond acceptors (Lipinski definition) is 4. The summed E-state index contributed by atoms with van der Waals surface area (Å²) in [6.07, 6.45) is 2.01. The van der Waals surface area contributed by atoms with Crippen molar-refractivity contribution in [2.75, 3.05) is 0 Å². The van der Waals surface area contributed by atoms with Gasteiger partial charge >= 0.3 is 0 Å². The molecule has 26 heavy (non-hydrogen) atoms. The average Bonchev–Trinajstić information content (AvgIpc) is 2.34. The summed E-state index contributed by atoms with van der Waals surface area (Å²) in [5, 5.41) is 10.2. The zero-order valence-electron chi connectivity index (χ0n) is 20.2. The number of nitrogens with zero attached hydrogens (tertiary/aromatic N) is 4. The zero-order chi connectivity index (χ0) is 21.1. The van der Waals surface area contributed by atoms with E-state index in [0.29, 0.717) is 0 Å². The van der Waals surface area contributed by atoms with Crippen LogP contribution in [0.25, 0.3) is 0 Å². The van der Waals surface area contributed by atoms with E-state index in [1.807, 2.05) is 0 Å². The highest BCUT2D eigenvalue weighted by molar-refractivity contribution is 6.90. The molecular weight excluding hydrogens is 385 g/mol. The lowest BCUT2D eigenvalue weighted by atomic mass is 10.2. The molecule has 0 aromatic heterocycles. The van der Waals surface area contributed by atoms with Crippen molar-refractivity contribution in [2.45, 2.75) is 105 Å². The summed E-state index contributed by atoms with van der Waals surface area (Å²) in [6.45, 7) is 33.1. The Labute approximate surface area is 168 Å². The molecule has 0 amide bonds. The topological polar surface area (TPSA) is 31.2 Å². The van der Waals surface area contributed by atoms with Gasteiger partial charge in [0.2, 0.25) is 0 Å². The SMILES string of the molecule is CC(CCC(C)=NN([Si](C)(C)C)[Si](C)(C)C)=NN([Si](C)(C)C)[Si](C)(C)C. The number of hydrazone groups is 2. The van der Waals surface area contributed by atoms with Crippen LogP contribution in [0.2, 0.25) is 78.6 Å². The molecule has 0 saturated heterocycles. The summed E-state index contributed by atoms with van der Waals surface area (Å²) in [6, 6.07) is 0. The summed E-state index contributed by atoms with van der Waals surface area (Å²) in [5.41, 5.74) is 2.49. The van der Waals surface area contributed by atoms with Crippen molar-refractivity contribution in [3.63, 3.8) is 0 Å². The molecule has 0 atom stereocenters. The third-order valence-corrected chi connectivity index (χ3v) is 17.5. The Bertz CT molecular complexity index is 441. The van der Waals surface area contributed by atoms with Gasteiger partial charge in [-0.3, -0.25) is 0 Å². The van der Waals surface area contributed by atoms with Crippen molar-refractivity contribution in [1.29, 1.82) is 0 Å². The standard InChI is InChI=1S/C18H46N4Si4/c1-17(19-21(23(3,4)5)24(6,7)8)15-16-18(2)20-22(25(9,10)11)26(12,13)14/h15-16H2,1-14H3. The van der Waals surface area contributed by atoms with E-state index >= 15 is 0 Å². The fraction of sp³-hybridized carbons (Fsp3) is 0.889. The van der Waals surface area contributed by atoms with Crippen LogP contribution >= 0.6 is 0 Å². The maximum Gasteiger partial charge on any atom is 0.158 e. The van der Waals surface area contributed by atoms with Gasteiger partial charge in [-0.15, -0.1) is 0 Å². The molecule has 0 N–H and O–H groups in total. The van der Waals surface area contributed by atoms with E-state index in [9.17, 15) is 0 Å². The molecule has 154 valence electrons.